The van der Waals surface area contributed by atoms with Gasteiger partial charge in [-0.3, -0.25) is 0 Å². The lowest BCUT2D eigenvalue weighted by atomic mass is 10.1. The number of hydrogen-bond acceptors (Lipinski definition) is 5. The predicted octanol–water partition coefficient (Wildman–Crippen LogP) is 1.16. The monoisotopic (exact) mass is 237 g/mol. The van der Waals surface area contributed by atoms with Crippen LogP contribution < -0.4 is 5.32 Å². The molecule has 0 saturated carbocycles. The lowest BCUT2D eigenvalue weighted by molar-refractivity contribution is 0.0247. The van der Waals surface area contributed by atoms with Gasteiger partial charge in [0.15, 0.2) is 5.69 Å². The molecule has 2 heterocycles. The molecule has 1 aromatic rings. The van der Waals surface area contributed by atoms with Gasteiger partial charge >= 0.3 is 5.97 Å². The second kappa shape index (κ2) is 5.58. The maximum atomic E-state index is 10.6. The van der Waals surface area contributed by atoms with Crippen LogP contribution >= 0.6 is 0 Å². The largest absolute Gasteiger partial charge is 0.476 e. The number of rotatable bonds is 4. The molecule has 6 heteroatoms. The molecule has 2 rings (SSSR count). The van der Waals surface area contributed by atoms with Crippen LogP contribution in [-0.2, 0) is 4.74 Å². The van der Waals surface area contributed by atoms with Gasteiger partial charge in [0.2, 0.25) is 0 Å². The summed E-state index contributed by atoms with van der Waals surface area (Å²) in [4.78, 5) is 10.6. The Labute approximate surface area is 99.0 Å². The number of hydrogen-bond donors (Lipinski definition) is 2. The minimum atomic E-state index is -1.07. The summed E-state index contributed by atoms with van der Waals surface area (Å²) in [5.74, 6) is -0.496. The fraction of sp³-hybridized carbons (Fsp3) is 0.545. The van der Waals surface area contributed by atoms with Crippen molar-refractivity contribution in [3.8, 4) is 0 Å². The molecule has 0 bridgehead atoms. The summed E-state index contributed by atoms with van der Waals surface area (Å²) in [5, 5.41) is 19.1. The van der Waals surface area contributed by atoms with E-state index in [4.69, 9.17) is 9.84 Å². The van der Waals surface area contributed by atoms with Gasteiger partial charge in [0.1, 0.15) is 5.82 Å². The van der Waals surface area contributed by atoms with Crippen LogP contribution in [0.3, 0.4) is 0 Å². The molecule has 1 aliphatic heterocycles. The third kappa shape index (κ3) is 3.39. The van der Waals surface area contributed by atoms with E-state index in [1.807, 2.05) is 0 Å². The molecule has 1 atom stereocenters. The van der Waals surface area contributed by atoms with Crippen molar-refractivity contribution >= 4 is 11.8 Å². The van der Waals surface area contributed by atoms with E-state index >= 15 is 0 Å². The molecule has 1 saturated heterocycles. The SMILES string of the molecule is O=C(O)c1ccc(NCC2CCCCO2)nn1. The van der Waals surface area contributed by atoms with Crippen LogP contribution in [0, 0.1) is 0 Å². The van der Waals surface area contributed by atoms with E-state index in [2.05, 4.69) is 15.5 Å². The van der Waals surface area contributed by atoms with E-state index in [1.54, 1.807) is 6.07 Å². The molecule has 0 aliphatic carbocycles. The average molecular weight is 237 g/mol. The first kappa shape index (κ1) is 11.8. The summed E-state index contributed by atoms with van der Waals surface area (Å²) in [5.41, 5.74) is -0.0514. The minimum absolute atomic E-state index is 0.0514. The van der Waals surface area contributed by atoms with Crippen molar-refractivity contribution in [3.63, 3.8) is 0 Å². The normalized spacial score (nSPS) is 19.9. The Hall–Kier alpha value is -1.69. The van der Waals surface area contributed by atoms with Gasteiger partial charge in [-0.2, -0.15) is 0 Å². The first-order valence-corrected chi connectivity index (χ1v) is 5.68. The Kier molecular flexibility index (Phi) is 3.87. The van der Waals surface area contributed by atoms with Crippen LogP contribution in [0.1, 0.15) is 29.8 Å². The first-order chi connectivity index (χ1) is 8.25. The van der Waals surface area contributed by atoms with Gasteiger partial charge in [0.05, 0.1) is 6.10 Å². The zero-order valence-corrected chi connectivity index (χ0v) is 9.43. The summed E-state index contributed by atoms with van der Waals surface area (Å²) in [6, 6.07) is 3.04. The number of nitrogens with zero attached hydrogens (tertiary/aromatic N) is 2. The summed E-state index contributed by atoms with van der Waals surface area (Å²) in [7, 11) is 0. The highest BCUT2D eigenvalue weighted by Gasteiger charge is 2.13. The van der Waals surface area contributed by atoms with E-state index in [-0.39, 0.29) is 11.8 Å². The summed E-state index contributed by atoms with van der Waals surface area (Å²) in [6.07, 6.45) is 3.58. The molecule has 1 aromatic heterocycles. The van der Waals surface area contributed by atoms with Crippen LogP contribution in [0.4, 0.5) is 5.82 Å². The van der Waals surface area contributed by atoms with Crippen LogP contribution in [0.15, 0.2) is 12.1 Å². The molecule has 0 amide bonds. The summed E-state index contributed by atoms with van der Waals surface area (Å²) < 4.78 is 5.56. The van der Waals surface area contributed by atoms with Gasteiger partial charge in [0.25, 0.3) is 0 Å². The quantitative estimate of drug-likeness (QED) is 0.817. The van der Waals surface area contributed by atoms with E-state index in [0.29, 0.717) is 12.4 Å². The first-order valence-electron chi connectivity index (χ1n) is 5.68. The lowest BCUT2D eigenvalue weighted by Gasteiger charge is -2.22. The number of anilines is 1. The van der Waals surface area contributed by atoms with Crippen LogP contribution in [-0.4, -0.2) is 40.5 Å². The van der Waals surface area contributed by atoms with Crippen molar-refractivity contribution in [2.24, 2.45) is 0 Å². The zero-order valence-electron chi connectivity index (χ0n) is 9.43. The second-order valence-corrected chi connectivity index (χ2v) is 3.98. The average Bonchev–Trinajstić information content (AvgIpc) is 2.38. The number of aromatic nitrogens is 2. The van der Waals surface area contributed by atoms with Crippen molar-refractivity contribution in [1.29, 1.82) is 0 Å². The standard InChI is InChI=1S/C11H15N3O3/c15-11(16)9-4-5-10(14-13-9)12-7-8-3-1-2-6-17-8/h4-5,8H,1-3,6-7H2,(H,12,14)(H,15,16). The maximum Gasteiger partial charge on any atom is 0.356 e. The highest BCUT2D eigenvalue weighted by Crippen LogP contribution is 2.13. The molecule has 0 spiro atoms. The maximum absolute atomic E-state index is 10.6. The molecule has 0 radical (unpaired) electrons. The Morgan fingerprint density at radius 1 is 1.47 bits per heavy atom. The fourth-order valence-electron chi connectivity index (χ4n) is 1.73. The van der Waals surface area contributed by atoms with Crippen molar-refractivity contribution in [3.05, 3.63) is 17.8 Å². The number of nitrogens with one attached hydrogen (secondary N) is 1. The van der Waals surface area contributed by atoms with Crippen LogP contribution in [0.25, 0.3) is 0 Å². The summed E-state index contributed by atoms with van der Waals surface area (Å²) >= 11 is 0. The van der Waals surface area contributed by atoms with Crippen LogP contribution in [0.5, 0.6) is 0 Å². The van der Waals surface area contributed by atoms with Crippen molar-refractivity contribution in [1.82, 2.24) is 10.2 Å². The third-order valence-corrected chi connectivity index (χ3v) is 2.67. The molecular weight excluding hydrogens is 222 g/mol. The van der Waals surface area contributed by atoms with E-state index < -0.39 is 5.97 Å². The minimum Gasteiger partial charge on any atom is -0.476 e. The molecule has 1 unspecified atom stereocenters. The Morgan fingerprint density at radius 2 is 2.35 bits per heavy atom. The van der Waals surface area contributed by atoms with E-state index in [1.165, 1.54) is 12.5 Å². The molecule has 17 heavy (non-hydrogen) atoms. The van der Waals surface area contributed by atoms with Gasteiger partial charge in [0, 0.05) is 13.2 Å². The van der Waals surface area contributed by atoms with E-state index in [0.717, 1.165) is 19.4 Å². The van der Waals surface area contributed by atoms with Crippen LogP contribution in [0.2, 0.25) is 0 Å². The van der Waals surface area contributed by atoms with Gasteiger partial charge < -0.3 is 15.2 Å². The molecular formula is C11H15N3O3. The van der Waals surface area contributed by atoms with Crippen molar-refractivity contribution in [2.45, 2.75) is 25.4 Å². The highest BCUT2D eigenvalue weighted by atomic mass is 16.5. The molecule has 92 valence electrons. The molecule has 2 N–H and O–H groups in total. The van der Waals surface area contributed by atoms with Gasteiger partial charge in [-0.05, 0) is 31.4 Å². The summed E-state index contributed by atoms with van der Waals surface area (Å²) in [6.45, 7) is 1.50. The number of aromatic carboxylic acids is 1. The number of carboxylic acids is 1. The number of carboxylic acid groups (broad SMARTS) is 1. The highest BCUT2D eigenvalue weighted by molar-refractivity contribution is 5.85. The fourth-order valence-corrected chi connectivity index (χ4v) is 1.73. The topological polar surface area (TPSA) is 84.3 Å². The van der Waals surface area contributed by atoms with Gasteiger partial charge in [-0.15, -0.1) is 10.2 Å². The van der Waals surface area contributed by atoms with Gasteiger partial charge in [-0.1, -0.05) is 0 Å². The number of carbonyl (C=O) groups is 1. The molecule has 6 nitrogen and oxygen atoms in total. The molecule has 0 aromatic carbocycles. The van der Waals surface area contributed by atoms with Crippen molar-refractivity contribution < 1.29 is 14.6 Å². The van der Waals surface area contributed by atoms with E-state index in [9.17, 15) is 4.79 Å². The Bertz CT molecular complexity index is 374. The third-order valence-electron chi connectivity index (χ3n) is 2.67. The van der Waals surface area contributed by atoms with Crippen molar-refractivity contribution in [2.75, 3.05) is 18.5 Å². The Balaban J connectivity index is 1.84. The lowest BCUT2D eigenvalue weighted by Crippen LogP contribution is -2.27. The smallest absolute Gasteiger partial charge is 0.356 e. The predicted molar refractivity (Wildman–Crippen MR) is 61.1 cm³/mol. The number of ether oxygens (including phenoxy) is 1. The van der Waals surface area contributed by atoms with Gasteiger partial charge in [-0.25, -0.2) is 4.79 Å². The zero-order chi connectivity index (χ0) is 12.1. The second-order valence-electron chi connectivity index (χ2n) is 3.98. The Morgan fingerprint density at radius 3 is 2.94 bits per heavy atom. The molecule has 1 aliphatic rings. The molecule has 1 fully saturated rings.